The highest BCUT2D eigenvalue weighted by atomic mass is 16.5. The first kappa shape index (κ1) is 10.8. The second kappa shape index (κ2) is 4.89. The molecule has 86 valence electrons. The Morgan fingerprint density at radius 2 is 2.38 bits per heavy atom. The fraction of sp³-hybridized carbons (Fsp3) is 0.500. The Morgan fingerprint density at radius 1 is 1.50 bits per heavy atom. The van der Waals surface area contributed by atoms with E-state index in [2.05, 4.69) is 27.4 Å². The van der Waals surface area contributed by atoms with Crippen molar-refractivity contribution >= 4 is 0 Å². The summed E-state index contributed by atoms with van der Waals surface area (Å²) < 4.78 is 6.96. The van der Waals surface area contributed by atoms with Gasteiger partial charge in [0.2, 0.25) is 5.89 Å². The van der Waals surface area contributed by atoms with Crippen LogP contribution < -0.4 is 5.32 Å². The fourth-order valence-electron chi connectivity index (χ4n) is 1.40. The van der Waals surface area contributed by atoms with E-state index in [0.717, 1.165) is 18.8 Å². The number of nitrogens with one attached hydrogen (secondary N) is 1. The van der Waals surface area contributed by atoms with E-state index >= 15 is 0 Å². The topological polar surface area (TPSA) is 68.8 Å². The minimum Gasteiger partial charge on any atom is -0.337 e. The maximum atomic E-state index is 5.03. The maximum Gasteiger partial charge on any atom is 0.246 e. The minimum absolute atomic E-state index is 0.569. The zero-order valence-corrected chi connectivity index (χ0v) is 9.47. The molecule has 16 heavy (non-hydrogen) atoms. The zero-order valence-electron chi connectivity index (χ0n) is 9.47. The molecular weight excluding hydrogens is 206 g/mol. The number of rotatable bonds is 5. The van der Waals surface area contributed by atoms with Gasteiger partial charge >= 0.3 is 0 Å². The van der Waals surface area contributed by atoms with Crippen LogP contribution in [-0.4, -0.2) is 26.2 Å². The van der Waals surface area contributed by atoms with Crippen LogP contribution in [0.25, 0.3) is 0 Å². The predicted molar refractivity (Wildman–Crippen MR) is 57.7 cm³/mol. The van der Waals surface area contributed by atoms with Gasteiger partial charge in [-0.3, -0.25) is 0 Å². The van der Waals surface area contributed by atoms with Gasteiger partial charge in [0, 0.05) is 12.7 Å². The lowest BCUT2D eigenvalue weighted by molar-refractivity contribution is 0.367. The van der Waals surface area contributed by atoms with Gasteiger partial charge in [-0.2, -0.15) is 4.98 Å². The van der Waals surface area contributed by atoms with Crippen LogP contribution in [0, 0.1) is 6.92 Å². The lowest BCUT2D eigenvalue weighted by Crippen LogP contribution is -2.11. The first-order chi connectivity index (χ1) is 7.78. The van der Waals surface area contributed by atoms with Crippen LogP contribution in [0.2, 0.25) is 0 Å². The van der Waals surface area contributed by atoms with Crippen molar-refractivity contribution in [3.8, 4) is 0 Å². The van der Waals surface area contributed by atoms with Crippen molar-refractivity contribution in [1.29, 1.82) is 0 Å². The van der Waals surface area contributed by atoms with Crippen molar-refractivity contribution in [2.75, 3.05) is 6.54 Å². The normalized spacial score (nSPS) is 10.9. The van der Waals surface area contributed by atoms with Crippen LogP contribution in [0.5, 0.6) is 0 Å². The first-order valence-corrected chi connectivity index (χ1v) is 5.28. The van der Waals surface area contributed by atoms with E-state index in [9.17, 15) is 0 Å². The SMILES string of the molecule is CCNCc1cn(Cc2nc(C)no2)cn1. The molecule has 2 aromatic rings. The Bertz CT molecular complexity index is 448. The third-order valence-corrected chi connectivity index (χ3v) is 2.13. The standard InChI is InChI=1S/C10H15N5O/c1-3-11-4-9-5-15(7-12-9)6-10-13-8(2)14-16-10/h5,7,11H,3-4,6H2,1-2H3. The number of hydrogen-bond acceptors (Lipinski definition) is 5. The highest BCUT2D eigenvalue weighted by Crippen LogP contribution is 2.02. The summed E-state index contributed by atoms with van der Waals surface area (Å²) in [5.74, 6) is 1.26. The van der Waals surface area contributed by atoms with Crippen LogP contribution in [-0.2, 0) is 13.1 Å². The van der Waals surface area contributed by atoms with E-state index in [-0.39, 0.29) is 0 Å². The summed E-state index contributed by atoms with van der Waals surface area (Å²) in [6.07, 6.45) is 3.74. The van der Waals surface area contributed by atoms with Crippen LogP contribution in [0.3, 0.4) is 0 Å². The summed E-state index contributed by atoms with van der Waals surface area (Å²) in [6.45, 7) is 6.16. The first-order valence-electron chi connectivity index (χ1n) is 5.28. The highest BCUT2D eigenvalue weighted by Gasteiger charge is 2.04. The highest BCUT2D eigenvalue weighted by molar-refractivity contribution is 4.98. The second-order valence-corrected chi connectivity index (χ2v) is 3.55. The summed E-state index contributed by atoms with van der Waals surface area (Å²) in [5, 5.41) is 6.96. The smallest absolute Gasteiger partial charge is 0.246 e. The quantitative estimate of drug-likeness (QED) is 0.806. The predicted octanol–water partition coefficient (Wildman–Crippen LogP) is 0.732. The molecule has 0 aromatic carbocycles. The Balaban J connectivity index is 1.97. The van der Waals surface area contributed by atoms with Crippen LogP contribution in [0.4, 0.5) is 0 Å². The molecule has 0 spiro atoms. The third kappa shape index (κ3) is 2.66. The summed E-state index contributed by atoms with van der Waals surface area (Å²) in [5.41, 5.74) is 1.01. The van der Waals surface area contributed by atoms with E-state index in [1.165, 1.54) is 0 Å². The Morgan fingerprint density at radius 3 is 3.06 bits per heavy atom. The molecule has 0 unspecified atom stereocenters. The monoisotopic (exact) mass is 221 g/mol. The van der Waals surface area contributed by atoms with Crippen molar-refractivity contribution in [1.82, 2.24) is 25.0 Å². The molecule has 0 radical (unpaired) electrons. The fourth-order valence-corrected chi connectivity index (χ4v) is 1.40. The number of hydrogen-bond donors (Lipinski definition) is 1. The Labute approximate surface area is 93.7 Å². The van der Waals surface area contributed by atoms with Gasteiger partial charge in [-0.25, -0.2) is 4.98 Å². The van der Waals surface area contributed by atoms with E-state index in [1.807, 2.05) is 10.8 Å². The largest absolute Gasteiger partial charge is 0.337 e. The lowest BCUT2D eigenvalue weighted by atomic mass is 10.4. The molecule has 0 fully saturated rings. The van der Waals surface area contributed by atoms with Crippen molar-refractivity contribution in [2.24, 2.45) is 0 Å². The molecule has 6 heteroatoms. The molecule has 0 atom stereocenters. The van der Waals surface area contributed by atoms with E-state index in [4.69, 9.17) is 4.52 Å². The number of aryl methyl sites for hydroxylation is 1. The third-order valence-electron chi connectivity index (χ3n) is 2.13. The average Bonchev–Trinajstić information content (AvgIpc) is 2.86. The van der Waals surface area contributed by atoms with Crippen molar-refractivity contribution in [2.45, 2.75) is 26.9 Å². The number of nitrogens with zero attached hydrogens (tertiary/aromatic N) is 4. The van der Waals surface area contributed by atoms with Gasteiger partial charge in [0.25, 0.3) is 0 Å². The van der Waals surface area contributed by atoms with Gasteiger partial charge in [-0.1, -0.05) is 12.1 Å². The lowest BCUT2D eigenvalue weighted by Gasteiger charge is -1.96. The van der Waals surface area contributed by atoms with E-state index in [1.54, 1.807) is 13.3 Å². The van der Waals surface area contributed by atoms with Gasteiger partial charge in [0.15, 0.2) is 5.82 Å². The molecule has 6 nitrogen and oxygen atoms in total. The average molecular weight is 221 g/mol. The Kier molecular flexibility index (Phi) is 3.31. The summed E-state index contributed by atoms with van der Waals surface area (Å²) in [4.78, 5) is 8.40. The molecule has 0 saturated heterocycles. The molecule has 0 aliphatic rings. The van der Waals surface area contributed by atoms with Crippen molar-refractivity contribution in [3.63, 3.8) is 0 Å². The van der Waals surface area contributed by atoms with Crippen molar-refractivity contribution in [3.05, 3.63) is 29.9 Å². The van der Waals surface area contributed by atoms with Gasteiger partial charge in [-0.15, -0.1) is 0 Å². The molecular formula is C10H15N5O. The van der Waals surface area contributed by atoms with E-state index < -0.39 is 0 Å². The summed E-state index contributed by atoms with van der Waals surface area (Å²) in [6, 6.07) is 0. The minimum atomic E-state index is 0.569. The van der Waals surface area contributed by atoms with Crippen molar-refractivity contribution < 1.29 is 4.52 Å². The molecule has 0 amide bonds. The summed E-state index contributed by atoms with van der Waals surface area (Å²) >= 11 is 0. The Hall–Kier alpha value is -1.69. The molecule has 2 aromatic heterocycles. The molecule has 0 saturated carbocycles. The molecule has 0 aliphatic heterocycles. The van der Waals surface area contributed by atoms with E-state index in [0.29, 0.717) is 18.3 Å². The van der Waals surface area contributed by atoms with Crippen LogP contribution >= 0.6 is 0 Å². The number of imidazole rings is 1. The second-order valence-electron chi connectivity index (χ2n) is 3.55. The summed E-state index contributed by atoms with van der Waals surface area (Å²) in [7, 11) is 0. The zero-order chi connectivity index (χ0) is 11.4. The molecule has 2 heterocycles. The van der Waals surface area contributed by atoms with Crippen LogP contribution in [0.1, 0.15) is 24.3 Å². The van der Waals surface area contributed by atoms with Crippen LogP contribution in [0.15, 0.2) is 17.0 Å². The molecule has 1 N–H and O–H groups in total. The van der Waals surface area contributed by atoms with Gasteiger partial charge in [0.1, 0.15) is 6.54 Å². The molecule has 2 rings (SSSR count). The molecule has 0 bridgehead atoms. The van der Waals surface area contributed by atoms with Gasteiger partial charge < -0.3 is 14.4 Å². The van der Waals surface area contributed by atoms with Gasteiger partial charge in [0.05, 0.1) is 12.0 Å². The maximum absolute atomic E-state index is 5.03. The molecule has 0 aliphatic carbocycles. The van der Waals surface area contributed by atoms with Gasteiger partial charge in [-0.05, 0) is 13.5 Å². The number of aromatic nitrogens is 4.